The molecule has 10 heteroatoms. The van der Waals surface area contributed by atoms with Crippen molar-refractivity contribution in [3.8, 4) is 11.4 Å². The zero-order valence-corrected chi connectivity index (χ0v) is 22.9. The van der Waals surface area contributed by atoms with E-state index in [0.29, 0.717) is 22.3 Å². The molecule has 36 heavy (non-hydrogen) atoms. The Morgan fingerprint density at radius 1 is 1.11 bits per heavy atom. The first kappa shape index (κ1) is 25.2. The van der Waals surface area contributed by atoms with Crippen LogP contribution in [-0.4, -0.2) is 39.5 Å². The van der Waals surface area contributed by atoms with Crippen molar-refractivity contribution in [3.05, 3.63) is 44.5 Å². The van der Waals surface area contributed by atoms with Gasteiger partial charge in [0.05, 0.1) is 18.4 Å². The van der Waals surface area contributed by atoms with Crippen LogP contribution in [0, 0.1) is 0 Å². The molecule has 3 aromatic heterocycles. The molecule has 0 fully saturated rings. The van der Waals surface area contributed by atoms with Crippen molar-refractivity contribution in [1.82, 2.24) is 14.8 Å². The van der Waals surface area contributed by atoms with E-state index in [0.717, 1.165) is 61.9 Å². The Hall–Kier alpha value is -2.43. The zero-order valence-electron chi connectivity index (χ0n) is 20.4. The molecule has 0 saturated carbocycles. The number of nitrogens with zero attached hydrogens (tertiary/aromatic N) is 3. The minimum atomic E-state index is -0.383. The first-order chi connectivity index (χ1) is 17.6. The third-order valence-corrected chi connectivity index (χ3v) is 9.99. The van der Waals surface area contributed by atoms with Crippen molar-refractivity contribution < 1.29 is 14.3 Å². The number of amides is 1. The van der Waals surface area contributed by atoms with Gasteiger partial charge in [0.25, 0.3) is 0 Å². The summed E-state index contributed by atoms with van der Waals surface area (Å²) in [6.07, 6.45) is 11.6. The van der Waals surface area contributed by atoms with Crippen LogP contribution in [0.1, 0.15) is 63.3 Å². The number of anilines is 1. The summed E-state index contributed by atoms with van der Waals surface area (Å²) in [6, 6.07) is 0. The number of rotatable bonds is 8. The molecule has 3 aromatic rings. The average Bonchev–Trinajstić information content (AvgIpc) is 3.53. The first-order valence-electron chi connectivity index (χ1n) is 12.4. The van der Waals surface area contributed by atoms with Crippen LogP contribution in [0.25, 0.3) is 11.4 Å². The molecule has 0 unspecified atom stereocenters. The highest BCUT2D eigenvalue weighted by molar-refractivity contribution is 7.99. The Balaban J connectivity index is 1.33. The molecule has 2 aliphatic carbocycles. The van der Waals surface area contributed by atoms with Gasteiger partial charge in [-0.2, -0.15) is 0 Å². The number of hydrogen-bond acceptors (Lipinski definition) is 8. The van der Waals surface area contributed by atoms with Crippen LogP contribution >= 0.6 is 34.4 Å². The maximum Gasteiger partial charge on any atom is 0.341 e. The molecule has 0 radical (unpaired) electrons. The summed E-state index contributed by atoms with van der Waals surface area (Å²) >= 11 is 4.66. The van der Waals surface area contributed by atoms with Crippen molar-refractivity contribution >= 4 is 51.3 Å². The Morgan fingerprint density at radius 3 is 2.69 bits per heavy atom. The molecular formula is C26H30N4O3S3. The van der Waals surface area contributed by atoms with E-state index in [9.17, 15) is 9.59 Å². The van der Waals surface area contributed by atoms with Crippen molar-refractivity contribution in [2.75, 3.05) is 18.2 Å². The smallest absolute Gasteiger partial charge is 0.341 e. The molecule has 7 nitrogen and oxygen atoms in total. The van der Waals surface area contributed by atoms with E-state index in [1.54, 1.807) is 11.3 Å². The summed E-state index contributed by atoms with van der Waals surface area (Å²) in [5.74, 6) is 0.448. The number of nitrogens with one attached hydrogen (secondary N) is 1. The lowest BCUT2D eigenvalue weighted by Gasteiger charge is -2.13. The Kier molecular flexibility index (Phi) is 7.93. The van der Waals surface area contributed by atoms with E-state index < -0.39 is 0 Å². The van der Waals surface area contributed by atoms with Crippen LogP contribution in [0.15, 0.2) is 23.2 Å². The van der Waals surface area contributed by atoms with Gasteiger partial charge in [-0.25, -0.2) is 4.79 Å². The molecule has 3 heterocycles. The van der Waals surface area contributed by atoms with Gasteiger partial charge in [-0.1, -0.05) is 24.3 Å². The third-order valence-electron chi connectivity index (χ3n) is 6.73. The van der Waals surface area contributed by atoms with E-state index in [1.165, 1.54) is 58.4 Å². The maximum atomic E-state index is 13.0. The maximum absolute atomic E-state index is 13.0. The number of fused-ring (bicyclic) bond motifs is 2. The normalized spacial score (nSPS) is 15.0. The number of ether oxygens (including phenoxy) is 1. The molecule has 0 saturated heterocycles. The van der Waals surface area contributed by atoms with Crippen LogP contribution in [0.5, 0.6) is 0 Å². The lowest BCUT2D eigenvalue weighted by atomic mass is 9.95. The third kappa shape index (κ3) is 5.03. The predicted molar refractivity (Wildman–Crippen MR) is 146 cm³/mol. The molecule has 190 valence electrons. The molecule has 0 aromatic carbocycles. The van der Waals surface area contributed by atoms with E-state index >= 15 is 0 Å². The van der Waals surface area contributed by atoms with Crippen LogP contribution in [0.2, 0.25) is 0 Å². The molecular weight excluding hydrogens is 513 g/mol. The van der Waals surface area contributed by atoms with Gasteiger partial charge in [-0.3, -0.25) is 9.36 Å². The molecule has 0 spiro atoms. The Labute approximate surface area is 223 Å². The molecule has 0 atom stereocenters. The lowest BCUT2D eigenvalue weighted by Crippen LogP contribution is -2.16. The van der Waals surface area contributed by atoms with Crippen LogP contribution in [0.4, 0.5) is 5.00 Å². The molecule has 0 aliphatic heterocycles. The number of allylic oxidation sites excluding steroid dienone is 1. The standard InChI is InChI=1S/C26H30N4O3S3/c1-3-13-30-23(18-14-34-19-11-8-7-9-16(18)19)28-29-26(30)35-15-21(31)27-24-22(25(32)33-2)17-10-5-4-6-12-20(17)36-24/h3,14H,1,4-13,15H2,2H3,(H,27,31). The topological polar surface area (TPSA) is 86.1 Å². The summed E-state index contributed by atoms with van der Waals surface area (Å²) < 4.78 is 7.09. The van der Waals surface area contributed by atoms with Crippen LogP contribution in [0.3, 0.4) is 0 Å². The second-order valence-corrected chi connectivity index (χ2v) is 12.1. The van der Waals surface area contributed by atoms with Gasteiger partial charge in [0.1, 0.15) is 5.00 Å². The zero-order chi connectivity index (χ0) is 25.1. The fourth-order valence-electron chi connectivity index (χ4n) is 5.01. The van der Waals surface area contributed by atoms with Gasteiger partial charge < -0.3 is 10.1 Å². The minimum Gasteiger partial charge on any atom is -0.465 e. The number of thiophene rings is 2. The molecule has 2 aliphatic rings. The Morgan fingerprint density at radius 2 is 1.86 bits per heavy atom. The highest BCUT2D eigenvalue weighted by atomic mass is 32.2. The highest BCUT2D eigenvalue weighted by Crippen LogP contribution is 2.39. The van der Waals surface area contributed by atoms with Gasteiger partial charge in [0, 0.05) is 27.2 Å². The van der Waals surface area contributed by atoms with Gasteiger partial charge >= 0.3 is 5.97 Å². The number of methoxy groups -OCH3 is 1. The lowest BCUT2D eigenvalue weighted by molar-refractivity contribution is -0.113. The van der Waals surface area contributed by atoms with E-state index in [-0.39, 0.29) is 17.6 Å². The highest BCUT2D eigenvalue weighted by Gasteiger charge is 2.27. The predicted octanol–water partition coefficient (Wildman–Crippen LogP) is 5.92. The number of hydrogen-bond donors (Lipinski definition) is 1. The van der Waals surface area contributed by atoms with Crippen LogP contribution < -0.4 is 5.32 Å². The molecule has 0 bridgehead atoms. The quantitative estimate of drug-likeness (QED) is 0.165. The minimum absolute atomic E-state index is 0.167. The van der Waals surface area contributed by atoms with Gasteiger partial charge in [0.15, 0.2) is 11.0 Å². The monoisotopic (exact) mass is 542 g/mol. The first-order valence-corrected chi connectivity index (χ1v) is 15.1. The van der Waals surface area contributed by atoms with Crippen molar-refractivity contribution in [1.29, 1.82) is 0 Å². The molecule has 1 N–H and O–H groups in total. The number of aryl methyl sites for hydroxylation is 2. The van der Waals surface area contributed by atoms with Crippen molar-refractivity contribution in [2.45, 2.75) is 69.5 Å². The van der Waals surface area contributed by atoms with Crippen molar-refractivity contribution in [3.63, 3.8) is 0 Å². The summed E-state index contributed by atoms with van der Waals surface area (Å²) in [6.45, 7) is 4.48. The number of carbonyl (C=O) groups excluding carboxylic acids is 2. The number of esters is 1. The van der Waals surface area contributed by atoms with Gasteiger partial charge in [0.2, 0.25) is 5.91 Å². The average molecular weight is 543 g/mol. The largest absolute Gasteiger partial charge is 0.465 e. The van der Waals surface area contributed by atoms with Gasteiger partial charge in [-0.05, 0) is 62.5 Å². The van der Waals surface area contributed by atoms with Crippen LogP contribution in [-0.2, 0) is 41.8 Å². The number of thioether (sulfide) groups is 1. The second-order valence-electron chi connectivity index (χ2n) is 9.06. The summed E-state index contributed by atoms with van der Waals surface area (Å²) in [5.41, 5.74) is 4.12. The summed E-state index contributed by atoms with van der Waals surface area (Å²) in [4.78, 5) is 28.2. The number of aromatic nitrogens is 3. The SMILES string of the molecule is C=CCn1c(SCC(=O)Nc2sc3c(c2C(=O)OC)CCCCC3)nnc1-c1csc2c1CCCC2. The summed E-state index contributed by atoms with van der Waals surface area (Å²) in [5, 5.41) is 15.4. The van der Waals surface area contributed by atoms with Crippen molar-refractivity contribution in [2.24, 2.45) is 0 Å². The second kappa shape index (κ2) is 11.3. The number of carbonyl (C=O) groups is 2. The fraction of sp³-hybridized carbons (Fsp3) is 0.462. The molecule has 5 rings (SSSR count). The van der Waals surface area contributed by atoms with E-state index in [1.807, 2.05) is 10.6 Å². The van der Waals surface area contributed by atoms with Gasteiger partial charge in [-0.15, -0.1) is 39.4 Å². The van der Waals surface area contributed by atoms with E-state index in [2.05, 4.69) is 27.5 Å². The summed E-state index contributed by atoms with van der Waals surface area (Å²) in [7, 11) is 1.39. The fourth-order valence-corrected chi connectivity index (χ4v) is 8.18. The Bertz CT molecular complexity index is 1290. The molecule has 1 amide bonds. The van der Waals surface area contributed by atoms with E-state index in [4.69, 9.17) is 4.74 Å².